The molecular formula is C10H16N2O4S. The fraction of sp³-hybridized carbons (Fsp3) is 0.700. The molecule has 1 fully saturated rings. The minimum Gasteiger partial charge on any atom is -0.481 e. The number of urea groups is 1. The Labute approximate surface area is 104 Å². The van der Waals surface area contributed by atoms with Crippen LogP contribution in [-0.4, -0.2) is 52.5 Å². The zero-order valence-electron chi connectivity index (χ0n) is 9.64. The molecule has 7 heteroatoms. The number of aliphatic carboxylic acids is 1. The molecule has 1 aliphatic heterocycles. The summed E-state index contributed by atoms with van der Waals surface area (Å²) in [4.78, 5) is 34.6. The molecule has 0 aromatic carbocycles. The first-order chi connectivity index (χ1) is 8.00. The molecule has 0 bridgehead atoms. The molecule has 1 saturated heterocycles. The summed E-state index contributed by atoms with van der Waals surface area (Å²) in [7, 11) is 1.65. The number of amides is 3. The second-order valence-corrected chi connectivity index (χ2v) is 5.03. The Morgan fingerprint density at radius 2 is 2.12 bits per heavy atom. The van der Waals surface area contributed by atoms with Gasteiger partial charge in [-0.25, -0.2) is 4.79 Å². The SMILES string of the molecule is CN(C(=O)NC(=O)CCC(=O)O)C1CCSC1. The molecule has 2 N–H and O–H groups in total. The van der Waals surface area contributed by atoms with Gasteiger partial charge in [0.25, 0.3) is 0 Å². The van der Waals surface area contributed by atoms with Crippen LogP contribution in [0.5, 0.6) is 0 Å². The van der Waals surface area contributed by atoms with E-state index >= 15 is 0 Å². The van der Waals surface area contributed by atoms with E-state index in [9.17, 15) is 14.4 Å². The Bertz CT molecular complexity index is 315. The number of nitrogens with one attached hydrogen (secondary N) is 1. The topological polar surface area (TPSA) is 86.7 Å². The highest BCUT2D eigenvalue weighted by Crippen LogP contribution is 2.21. The normalized spacial score (nSPS) is 18.8. The van der Waals surface area contributed by atoms with Crippen LogP contribution in [0.3, 0.4) is 0 Å². The van der Waals surface area contributed by atoms with E-state index < -0.39 is 17.9 Å². The largest absolute Gasteiger partial charge is 0.481 e. The van der Waals surface area contributed by atoms with Crippen LogP contribution in [0, 0.1) is 0 Å². The van der Waals surface area contributed by atoms with Crippen LogP contribution in [0.25, 0.3) is 0 Å². The number of hydrogen-bond acceptors (Lipinski definition) is 4. The van der Waals surface area contributed by atoms with Gasteiger partial charge in [0.1, 0.15) is 0 Å². The average Bonchev–Trinajstić information content (AvgIpc) is 2.78. The van der Waals surface area contributed by atoms with Gasteiger partial charge in [-0.1, -0.05) is 0 Å². The van der Waals surface area contributed by atoms with Gasteiger partial charge in [-0.3, -0.25) is 14.9 Å². The highest BCUT2D eigenvalue weighted by Gasteiger charge is 2.24. The molecule has 0 radical (unpaired) electrons. The fourth-order valence-corrected chi connectivity index (χ4v) is 2.75. The van der Waals surface area contributed by atoms with Gasteiger partial charge < -0.3 is 10.0 Å². The lowest BCUT2D eigenvalue weighted by Crippen LogP contribution is -2.45. The first kappa shape index (κ1) is 13.8. The molecule has 96 valence electrons. The smallest absolute Gasteiger partial charge is 0.324 e. The number of carboxylic acid groups (broad SMARTS) is 1. The zero-order chi connectivity index (χ0) is 12.8. The monoisotopic (exact) mass is 260 g/mol. The third-order valence-corrected chi connectivity index (χ3v) is 3.73. The van der Waals surface area contributed by atoms with Crippen molar-refractivity contribution in [2.24, 2.45) is 0 Å². The van der Waals surface area contributed by atoms with Crippen LogP contribution in [0.4, 0.5) is 4.79 Å². The van der Waals surface area contributed by atoms with Crippen molar-refractivity contribution in [1.82, 2.24) is 10.2 Å². The third-order valence-electron chi connectivity index (χ3n) is 2.59. The molecule has 0 saturated carbocycles. The predicted molar refractivity (Wildman–Crippen MR) is 63.9 cm³/mol. The van der Waals surface area contributed by atoms with Crippen molar-refractivity contribution in [1.29, 1.82) is 0 Å². The number of imide groups is 1. The van der Waals surface area contributed by atoms with Gasteiger partial charge >= 0.3 is 12.0 Å². The first-order valence-electron chi connectivity index (χ1n) is 5.37. The van der Waals surface area contributed by atoms with Crippen molar-refractivity contribution < 1.29 is 19.5 Å². The Morgan fingerprint density at radius 1 is 1.41 bits per heavy atom. The van der Waals surface area contributed by atoms with Crippen LogP contribution >= 0.6 is 11.8 Å². The number of carbonyl (C=O) groups excluding carboxylic acids is 2. The van der Waals surface area contributed by atoms with Crippen LogP contribution < -0.4 is 5.32 Å². The van der Waals surface area contributed by atoms with E-state index in [0.717, 1.165) is 17.9 Å². The maximum atomic E-state index is 11.6. The maximum Gasteiger partial charge on any atom is 0.324 e. The Kier molecular flexibility index (Phi) is 5.27. The van der Waals surface area contributed by atoms with Gasteiger partial charge in [0.15, 0.2) is 0 Å². The second-order valence-electron chi connectivity index (χ2n) is 3.88. The molecule has 1 unspecified atom stereocenters. The second kappa shape index (κ2) is 6.48. The molecule has 0 aliphatic carbocycles. The van der Waals surface area contributed by atoms with E-state index in [1.807, 2.05) is 0 Å². The Hall–Kier alpha value is -1.24. The van der Waals surface area contributed by atoms with Crippen molar-refractivity contribution in [3.8, 4) is 0 Å². The lowest BCUT2D eigenvalue weighted by molar-refractivity contribution is -0.138. The standard InChI is InChI=1S/C10H16N2O4S/c1-12(7-4-5-17-6-7)10(16)11-8(13)2-3-9(14)15/h7H,2-6H2,1H3,(H,14,15)(H,11,13,16). The highest BCUT2D eigenvalue weighted by atomic mass is 32.2. The summed E-state index contributed by atoms with van der Waals surface area (Å²) in [5.41, 5.74) is 0. The summed E-state index contributed by atoms with van der Waals surface area (Å²) in [6.45, 7) is 0. The molecule has 3 amide bonds. The summed E-state index contributed by atoms with van der Waals surface area (Å²) in [6.07, 6.45) is 0.494. The van der Waals surface area contributed by atoms with Gasteiger partial charge in [0.05, 0.1) is 6.42 Å². The Morgan fingerprint density at radius 3 is 2.65 bits per heavy atom. The van der Waals surface area contributed by atoms with Crippen molar-refractivity contribution in [2.45, 2.75) is 25.3 Å². The van der Waals surface area contributed by atoms with E-state index in [2.05, 4.69) is 5.32 Å². The van der Waals surface area contributed by atoms with Crippen LogP contribution in [0.2, 0.25) is 0 Å². The van der Waals surface area contributed by atoms with Gasteiger partial charge in [0.2, 0.25) is 5.91 Å². The van der Waals surface area contributed by atoms with Crippen LogP contribution in [0.1, 0.15) is 19.3 Å². The van der Waals surface area contributed by atoms with Crippen LogP contribution in [0.15, 0.2) is 0 Å². The predicted octanol–water partition coefficient (Wildman–Crippen LogP) is 0.525. The van der Waals surface area contributed by atoms with Crippen molar-refractivity contribution in [3.05, 3.63) is 0 Å². The van der Waals surface area contributed by atoms with E-state index in [4.69, 9.17) is 5.11 Å². The number of thioether (sulfide) groups is 1. The third kappa shape index (κ3) is 4.64. The molecule has 1 aliphatic rings. The summed E-state index contributed by atoms with van der Waals surface area (Å²) >= 11 is 1.78. The van der Waals surface area contributed by atoms with E-state index in [0.29, 0.717) is 0 Å². The first-order valence-corrected chi connectivity index (χ1v) is 6.52. The number of carboxylic acids is 1. The molecule has 1 atom stereocenters. The average molecular weight is 260 g/mol. The van der Waals surface area contributed by atoms with Gasteiger partial charge in [-0.05, 0) is 12.2 Å². The van der Waals surface area contributed by atoms with Gasteiger partial charge in [0, 0.05) is 25.3 Å². The number of hydrogen-bond donors (Lipinski definition) is 2. The molecule has 0 aromatic rings. The van der Waals surface area contributed by atoms with Crippen molar-refractivity contribution >= 4 is 29.7 Å². The summed E-state index contributed by atoms with van der Waals surface area (Å²) in [6, 6.07) is -0.292. The minimum atomic E-state index is -1.05. The molecule has 6 nitrogen and oxygen atoms in total. The summed E-state index contributed by atoms with van der Waals surface area (Å²) in [5, 5.41) is 10.6. The van der Waals surface area contributed by atoms with Gasteiger partial charge in [-0.2, -0.15) is 11.8 Å². The molecule has 0 aromatic heterocycles. The summed E-state index contributed by atoms with van der Waals surface area (Å²) < 4.78 is 0. The van der Waals surface area contributed by atoms with Crippen molar-refractivity contribution in [2.75, 3.05) is 18.6 Å². The quantitative estimate of drug-likeness (QED) is 0.769. The molecule has 1 rings (SSSR count). The van der Waals surface area contributed by atoms with E-state index in [-0.39, 0.29) is 18.9 Å². The van der Waals surface area contributed by atoms with E-state index in [1.165, 1.54) is 4.90 Å². The Balaban J connectivity index is 2.32. The molecule has 1 heterocycles. The molecule has 0 spiro atoms. The van der Waals surface area contributed by atoms with E-state index in [1.54, 1.807) is 18.8 Å². The number of rotatable bonds is 4. The van der Waals surface area contributed by atoms with Crippen LogP contribution in [-0.2, 0) is 9.59 Å². The van der Waals surface area contributed by atoms with Crippen molar-refractivity contribution in [3.63, 3.8) is 0 Å². The number of nitrogens with zero attached hydrogens (tertiary/aromatic N) is 1. The van der Waals surface area contributed by atoms with Gasteiger partial charge in [-0.15, -0.1) is 0 Å². The fourth-order valence-electron chi connectivity index (χ4n) is 1.48. The maximum absolute atomic E-state index is 11.6. The lowest BCUT2D eigenvalue weighted by atomic mass is 10.2. The zero-order valence-corrected chi connectivity index (χ0v) is 10.5. The minimum absolute atomic E-state index is 0.160. The molecular weight excluding hydrogens is 244 g/mol. The molecule has 17 heavy (non-hydrogen) atoms. The highest BCUT2D eigenvalue weighted by molar-refractivity contribution is 7.99. The lowest BCUT2D eigenvalue weighted by Gasteiger charge is -2.23. The number of carbonyl (C=O) groups is 3. The summed E-state index contributed by atoms with van der Waals surface area (Å²) in [5.74, 6) is 0.311.